The Morgan fingerprint density at radius 2 is 1.72 bits per heavy atom. The SMILES string of the molecule is Cc1ncc(COc2cc(F)cc(Oc3ccc(-c4nc(C5CC(N6CCOCC6)C5)n5ccnc(N)c45)cc3)c2)cn1. The van der Waals surface area contributed by atoms with Crippen molar-refractivity contribution in [2.75, 3.05) is 32.0 Å². The van der Waals surface area contributed by atoms with Crippen molar-refractivity contribution >= 4 is 11.3 Å². The largest absolute Gasteiger partial charge is 0.489 e. The highest BCUT2D eigenvalue weighted by Gasteiger charge is 2.38. The molecule has 0 unspecified atom stereocenters. The van der Waals surface area contributed by atoms with Crippen LogP contribution in [0.25, 0.3) is 16.8 Å². The summed E-state index contributed by atoms with van der Waals surface area (Å²) in [5, 5.41) is 0. The molecule has 1 aliphatic heterocycles. The number of imidazole rings is 1. The Morgan fingerprint density at radius 1 is 0.977 bits per heavy atom. The monoisotopic (exact) mass is 581 g/mol. The smallest absolute Gasteiger partial charge is 0.150 e. The standard InChI is InChI=1S/C32H32FN7O3/c1-20-36-17-21(18-37-20)19-42-27-14-24(33)15-28(16-27)43-26-4-2-22(3-5-26)29-30-31(34)35-6-7-40(30)32(38-29)23-12-25(13-23)39-8-10-41-11-9-39/h2-7,14-18,23,25H,8-13,19H2,1H3,(H2,34,35). The minimum atomic E-state index is -0.462. The number of anilines is 1. The number of aromatic nitrogens is 5. The third-order valence-electron chi connectivity index (χ3n) is 8.10. The van der Waals surface area contributed by atoms with E-state index in [1.807, 2.05) is 37.4 Å². The second kappa shape index (κ2) is 11.6. The first-order valence-electron chi connectivity index (χ1n) is 14.4. The molecule has 1 saturated carbocycles. The molecule has 0 amide bonds. The zero-order valence-electron chi connectivity index (χ0n) is 23.8. The molecule has 0 atom stereocenters. The highest BCUT2D eigenvalue weighted by molar-refractivity contribution is 5.85. The molecule has 220 valence electrons. The van der Waals surface area contributed by atoms with E-state index >= 15 is 0 Å². The average Bonchev–Trinajstić information content (AvgIpc) is 3.37. The van der Waals surface area contributed by atoms with Crippen molar-refractivity contribution in [3.05, 3.63) is 90.3 Å². The fourth-order valence-electron chi connectivity index (χ4n) is 5.77. The van der Waals surface area contributed by atoms with Gasteiger partial charge >= 0.3 is 0 Å². The van der Waals surface area contributed by atoms with E-state index in [9.17, 15) is 4.39 Å². The minimum absolute atomic E-state index is 0.213. The van der Waals surface area contributed by atoms with Crippen LogP contribution < -0.4 is 15.2 Å². The molecule has 2 aliphatic rings. The molecule has 5 aromatic rings. The van der Waals surface area contributed by atoms with E-state index in [0.29, 0.717) is 40.9 Å². The predicted octanol–water partition coefficient (Wildman–Crippen LogP) is 5.17. The maximum Gasteiger partial charge on any atom is 0.150 e. The highest BCUT2D eigenvalue weighted by Crippen LogP contribution is 2.42. The molecule has 43 heavy (non-hydrogen) atoms. The van der Waals surface area contributed by atoms with Gasteiger partial charge in [-0.05, 0) is 44.0 Å². The van der Waals surface area contributed by atoms with Gasteiger partial charge in [0, 0.05) is 79.2 Å². The number of ether oxygens (including phenoxy) is 3. The number of hydrogen-bond donors (Lipinski definition) is 1. The topological polar surface area (TPSA) is 113 Å². The van der Waals surface area contributed by atoms with Gasteiger partial charge in [-0.25, -0.2) is 24.3 Å². The summed E-state index contributed by atoms with van der Waals surface area (Å²) in [5.41, 5.74) is 9.62. The molecule has 11 heteroatoms. The lowest BCUT2D eigenvalue weighted by atomic mass is 9.78. The van der Waals surface area contributed by atoms with E-state index in [1.54, 1.807) is 24.7 Å². The molecule has 4 heterocycles. The second-order valence-corrected chi connectivity index (χ2v) is 11.0. The Hall–Kier alpha value is -4.61. The first-order valence-corrected chi connectivity index (χ1v) is 14.4. The van der Waals surface area contributed by atoms with Crippen molar-refractivity contribution in [2.24, 2.45) is 0 Å². The van der Waals surface area contributed by atoms with Gasteiger partial charge in [-0.3, -0.25) is 9.30 Å². The van der Waals surface area contributed by atoms with E-state index in [1.165, 1.54) is 12.1 Å². The Morgan fingerprint density at radius 3 is 2.49 bits per heavy atom. The van der Waals surface area contributed by atoms with E-state index in [4.69, 9.17) is 24.9 Å². The Labute approximate surface area is 248 Å². The molecule has 2 aromatic carbocycles. The van der Waals surface area contributed by atoms with Gasteiger partial charge in [0.05, 0.1) is 13.2 Å². The first kappa shape index (κ1) is 27.2. The number of benzene rings is 2. The predicted molar refractivity (Wildman–Crippen MR) is 159 cm³/mol. The summed E-state index contributed by atoms with van der Waals surface area (Å²) in [4.78, 5) is 20.3. The van der Waals surface area contributed by atoms with Crippen LogP contribution in [0.3, 0.4) is 0 Å². The van der Waals surface area contributed by atoms with Crippen LogP contribution in [0.4, 0.5) is 10.2 Å². The summed E-state index contributed by atoms with van der Waals surface area (Å²) in [6.07, 6.45) is 9.15. The normalized spacial score (nSPS) is 18.8. The van der Waals surface area contributed by atoms with Crippen LogP contribution in [0.5, 0.6) is 17.2 Å². The summed E-state index contributed by atoms with van der Waals surface area (Å²) < 4.78 is 33.7. The van der Waals surface area contributed by atoms with Gasteiger partial charge < -0.3 is 19.9 Å². The van der Waals surface area contributed by atoms with Crippen molar-refractivity contribution in [1.82, 2.24) is 29.2 Å². The highest BCUT2D eigenvalue weighted by atomic mass is 19.1. The van der Waals surface area contributed by atoms with Crippen molar-refractivity contribution < 1.29 is 18.6 Å². The van der Waals surface area contributed by atoms with Crippen LogP contribution in [0.15, 0.2) is 67.3 Å². The average molecular weight is 582 g/mol. The summed E-state index contributed by atoms with van der Waals surface area (Å²) in [5.74, 6) is 3.23. The van der Waals surface area contributed by atoms with Gasteiger partial charge in [0.15, 0.2) is 0 Å². The number of morpholine rings is 1. The molecule has 10 nitrogen and oxygen atoms in total. The zero-order chi connectivity index (χ0) is 29.3. The number of nitrogens with two attached hydrogens (primary N) is 1. The third-order valence-corrected chi connectivity index (χ3v) is 8.10. The van der Waals surface area contributed by atoms with Crippen molar-refractivity contribution in [1.29, 1.82) is 0 Å². The number of fused-ring (bicyclic) bond motifs is 1. The zero-order valence-corrected chi connectivity index (χ0v) is 23.8. The van der Waals surface area contributed by atoms with E-state index in [0.717, 1.165) is 67.3 Å². The van der Waals surface area contributed by atoms with Gasteiger partial charge in [0.2, 0.25) is 0 Å². The third kappa shape index (κ3) is 5.73. The lowest BCUT2D eigenvalue weighted by molar-refractivity contribution is -0.00778. The number of nitrogen functional groups attached to an aromatic ring is 1. The Balaban J connectivity index is 1.08. The molecule has 0 radical (unpaired) electrons. The van der Waals surface area contributed by atoms with E-state index in [2.05, 4.69) is 24.3 Å². The van der Waals surface area contributed by atoms with Crippen LogP contribution in [0, 0.1) is 12.7 Å². The molecule has 2 N–H and O–H groups in total. The fraction of sp³-hybridized carbons (Fsp3) is 0.312. The van der Waals surface area contributed by atoms with Crippen molar-refractivity contribution in [3.63, 3.8) is 0 Å². The molecular formula is C32H32FN7O3. The quantitative estimate of drug-likeness (QED) is 0.265. The minimum Gasteiger partial charge on any atom is -0.489 e. The van der Waals surface area contributed by atoms with Crippen molar-refractivity contribution in [3.8, 4) is 28.5 Å². The van der Waals surface area contributed by atoms with Crippen LogP contribution in [-0.2, 0) is 11.3 Å². The number of aryl methyl sites for hydroxylation is 1. The van der Waals surface area contributed by atoms with Gasteiger partial charge in [0.25, 0.3) is 0 Å². The van der Waals surface area contributed by atoms with Gasteiger partial charge in [-0.1, -0.05) is 0 Å². The second-order valence-electron chi connectivity index (χ2n) is 11.0. The van der Waals surface area contributed by atoms with Gasteiger partial charge in [-0.2, -0.15) is 0 Å². The van der Waals surface area contributed by atoms with Crippen LogP contribution in [0.2, 0.25) is 0 Å². The number of halogens is 1. The number of nitrogens with zero attached hydrogens (tertiary/aromatic N) is 6. The maximum atomic E-state index is 14.4. The Kier molecular flexibility index (Phi) is 7.33. The maximum absolute atomic E-state index is 14.4. The molecule has 0 bridgehead atoms. The molecule has 3 aromatic heterocycles. The van der Waals surface area contributed by atoms with Crippen LogP contribution in [-0.4, -0.2) is 61.6 Å². The summed E-state index contributed by atoms with van der Waals surface area (Å²) >= 11 is 0. The lowest BCUT2D eigenvalue weighted by Crippen LogP contribution is -2.49. The fourth-order valence-corrected chi connectivity index (χ4v) is 5.77. The number of rotatable bonds is 8. The van der Waals surface area contributed by atoms with Crippen LogP contribution >= 0.6 is 0 Å². The Bertz CT molecular complexity index is 1730. The van der Waals surface area contributed by atoms with E-state index in [-0.39, 0.29) is 6.61 Å². The van der Waals surface area contributed by atoms with E-state index < -0.39 is 5.82 Å². The number of hydrogen-bond acceptors (Lipinski definition) is 9. The van der Waals surface area contributed by atoms with Crippen LogP contribution in [0.1, 0.15) is 36.0 Å². The molecular weight excluding hydrogens is 549 g/mol. The summed E-state index contributed by atoms with van der Waals surface area (Å²) in [7, 11) is 0. The summed E-state index contributed by atoms with van der Waals surface area (Å²) in [6.45, 7) is 5.61. The molecule has 2 fully saturated rings. The van der Waals surface area contributed by atoms with Gasteiger partial charge in [0.1, 0.15) is 58.3 Å². The molecule has 7 rings (SSSR count). The van der Waals surface area contributed by atoms with Gasteiger partial charge in [-0.15, -0.1) is 0 Å². The molecule has 1 saturated heterocycles. The molecule has 1 aliphatic carbocycles. The summed E-state index contributed by atoms with van der Waals surface area (Å²) in [6, 6.07) is 12.4. The first-order chi connectivity index (χ1) is 21.0. The lowest BCUT2D eigenvalue weighted by Gasteiger charge is -2.43. The molecule has 0 spiro atoms. The van der Waals surface area contributed by atoms with Crippen molar-refractivity contribution in [2.45, 2.75) is 38.3 Å².